The Kier molecular flexibility index (Phi) is 5.29. The van der Waals surface area contributed by atoms with Crippen molar-refractivity contribution in [3.8, 4) is 0 Å². The first-order chi connectivity index (χ1) is 10.1. The van der Waals surface area contributed by atoms with Gasteiger partial charge in [-0.15, -0.1) is 11.3 Å². The van der Waals surface area contributed by atoms with Crippen LogP contribution >= 0.6 is 11.3 Å². The van der Waals surface area contributed by atoms with Crippen molar-refractivity contribution >= 4 is 38.1 Å². The minimum absolute atomic E-state index is 0.182. The zero-order valence-corrected chi connectivity index (χ0v) is 12.2. The van der Waals surface area contributed by atoms with E-state index in [0.29, 0.717) is 17.1 Å². The lowest BCUT2D eigenvalue weighted by Crippen LogP contribution is -2.20. The van der Waals surface area contributed by atoms with Crippen LogP contribution in [-0.4, -0.2) is 46.2 Å². The van der Waals surface area contributed by atoms with Crippen LogP contribution in [0.25, 0.3) is 0 Å². The van der Waals surface area contributed by atoms with Crippen LogP contribution in [0.4, 0.5) is 0 Å². The number of nitrogens with zero attached hydrogens (tertiary/aromatic N) is 3. The molecule has 0 aromatic carbocycles. The van der Waals surface area contributed by atoms with Crippen LogP contribution in [0.2, 0.25) is 12.6 Å². The molecule has 7 nitrogen and oxygen atoms in total. The van der Waals surface area contributed by atoms with Crippen molar-refractivity contribution in [2.75, 3.05) is 0 Å². The number of nitrogens with one attached hydrogen (secondary N) is 1. The standard InChI is InChI=1S/C11H13B2N4O3S/c1-13(19)17-5-8(16-7-17)4-9(12-20-6-14)10(18)11-15-2-3-21-11/h2-3,5-7,9,14,19H,4H2,1H3. The van der Waals surface area contributed by atoms with Gasteiger partial charge in [-0.25, -0.2) is 9.97 Å². The Morgan fingerprint density at radius 1 is 1.71 bits per heavy atom. The number of aromatic nitrogens is 3. The summed E-state index contributed by atoms with van der Waals surface area (Å²) in [5, 5.41) is 18.5. The lowest BCUT2D eigenvalue weighted by atomic mass is 9.74. The molecule has 0 aliphatic carbocycles. The number of carbonyl (C=O) groups is 1. The van der Waals surface area contributed by atoms with E-state index in [4.69, 9.17) is 10.1 Å². The molecule has 0 fully saturated rings. The van der Waals surface area contributed by atoms with Crippen LogP contribution in [0.5, 0.6) is 0 Å². The van der Waals surface area contributed by atoms with Gasteiger partial charge >= 0.3 is 14.5 Å². The van der Waals surface area contributed by atoms with Gasteiger partial charge < -0.3 is 14.2 Å². The van der Waals surface area contributed by atoms with E-state index in [0.717, 1.165) is 6.40 Å². The molecule has 1 atom stereocenters. The normalized spacial score (nSPS) is 11.7. The Morgan fingerprint density at radius 3 is 3.10 bits per heavy atom. The summed E-state index contributed by atoms with van der Waals surface area (Å²) in [6.07, 6.45) is 5.81. The lowest BCUT2D eigenvalue weighted by molar-refractivity contribution is 0.0979. The van der Waals surface area contributed by atoms with Crippen LogP contribution in [0.15, 0.2) is 24.1 Å². The monoisotopic (exact) mass is 303 g/mol. The lowest BCUT2D eigenvalue weighted by Gasteiger charge is -2.10. The van der Waals surface area contributed by atoms with E-state index in [9.17, 15) is 9.82 Å². The molecule has 1 unspecified atom stereocenters. The van der Waals surface area contributed by atoms with Gasteiger partial charge in [0.15, 0.2) is 10.8 Å². The highest BCUT2D eigenvalue weighted by molar-refractivity contribution is 7.11. The van der Waals surface area contributed by atoms with Crippen LogP contribution in [0.1, 0.15) is 15.5 Å². The Balaban J connectivity index is 2.11. The van der Waals surface area contributed by atoms with Crippen molar-refractivity contribution in [1.29, 1.82) is 5.41 Å². The average Bonchev–Trinajstić information content (AvgIpc) is 3.13. The molecule has 2 aromatic heterocycles. The third-order valence-corrected chi connectivity index (χ3v) is 3.59. The van der Waals surface area contributed by atoms with Crippen LogP contribution in [0, 0.1) is 5.41 Å². The Labute approximate surface area is 126 Å². The molecule has 2 aromatic rings. The molecule has 0 amide bonds. The van der Waals surface area contributed by atoms with Gasteiger partial charge in [-0.1, -0.05) is 0 Å². The van der Waals surface area contributed by atoms with Crippen molar-refractivity contribution in [1.82, 2.24) is 14.4 Å². The number of rotatable bonds is 8. The SMILES string of the molecule is CB(O)n1cnc(CC([B]OC=N)C(=O)c2nccs2)c1. The molecule has 0 aliphatic rings. The number of thiazole rings is 1. The maximum Gasteiger partial charge on any atom is 0.414 e. The molecule has 2 heterocycles. The van der Waals surface area contributed by atoms with Gasteiger partial charge in [0.2, 0.25) is 0 Å². The van der Waals surface area contributed by atoms with E-state index in [-0.39, 0.29) is 5.78 Å². The Hall–Kier alpha value is -1.93. The number of imidazole rings is 1. The third kappa shape index (κ3) is 4.02. The first-order valence-electron chi connectivity index (χ1n) is 6.23. The van der Waals surface area contributed by atoms with Crippen LogP contribution in [-0.2, 0) is 11.1 Å². The second kappa shape index (κ2) is 7.19. The van der Waals surface area contributed by atoms with Gasteiger partial charge in [-0.3, -0.25) is 10.2 Å². The summed E-state index contributed by atoms with van der Waals surface area (Å²) < 4.78 is 6.37. The quantitative estimate of drug-likeness (QED) is 0.324. The van der Waals surface area contributed by atoms with Crippen molar-refractivity contribution < 1.29 is 14.5 Å². The van der Waals surface area contributed by atoms with Crippen molar-refractivity contribution in [3.63, 3.8) is 0 Å². The number of hydrogen-bond donors (Lipinski definition) is 2. The first kappa shape index (κ1) is 15.5. The molecule has 0 saturated heterocycles. The fraction of sp³-hybridized carbons (Fsp3) is 0.273. The van der Waals surface area contributed by atoms with Gasteiger partial charge in [0.1, 0.15) is 6.40 Å². The maximum atomic E-state index is 12.3. The number of hydrogen-bond acceptors (Lipinski definition) is 7. The van der Waals surface area contributed by atoms with Crippen molar-refractivity contribution in [3.05, 3.63) is 34.8 Å². The second-order valence-corrected chi connectivity index (χ2v) is 5.24. The molecule has 0 aliphatic heterocycles. The zero-order valence-electron chi connectivity index (χ0n) is 11.3. The fourth-order valence-corrected chi connectivity index (χ4v) is 2.39. The van der Waals surface area contributed by atoms with Gasteiger partial charge in [0.25, 0.3) is 0 Å². The predicted molar refractivity (Wildman–Crippen MR) is 81.0 cm³/mol. The number of ketones is 1. The van der Waals surface area contributed by atoms with E-state index in [1.807, 2.05) is 0 Å². The highest BCUT2D eigenvalue weighted by Gasteiger charge is 2.26. The van der Waals surface area contributed by atoms with Gasteiger partial charge in [0.05, 0.1) is 12.0 Å². The topological polar surface area (TPSA) is 101 Å². The molecule has 21 heavy (non-hydrogen) atoms. The summed E-state index contributed by atoms with van der Waals surface area (Å²) in [7, 11) is 0.624. The second-order valence-electron chi connectivity index (χ2n) is 4.35. The van der Waals surface area contributed by atoms with Crippen molar-refractivity contribution in [2.24, 2.45) is 0 Å². The Morgan fingerprint density at radius 2 is 2.52 bits per heavy atom. The van der Waals surface area contributed by atoms with E-state index in [1.54, 1.807) is 24.6 Å². The van der Waals surface area contributed by atoms with Gasteiger partial charge in [-0.2, -0.15) is 0 Å². The maximum absolute atomic E-state index is 12.3. The fourth-order valence-electron chi connectivity index (χ4n) is 1.76. The third-order valence-electron chi connectivity index (χ3n) is 2.81. The largest absolute Gasteiger partial charge is 0.555 e. The van der Waals surface area contributed by atoms with Crippen molar-refractivity contribution in [2.45, 2.75) is 19.1 Å². The summed E-state index contributed by atoms with van der Waals surface area (Å²) in [5.74, 6) is -0.770. The minimum atomic E-state index is -0.679. The minimum Gasteiger partial charge on any atom is -0.555 e. The van der Waals surface area contributed by atoms with Crippen LogP contribution in [0.3, 0.4) is 0 Å². The number of Topliss-reactive ketones (excluding diaryl/α,β-unsaturated/α-hetero) is 1. The van der Waals surface area contributed by atoms with E-state index < -0.39 is 12.9 Å². The molecule has 2 rings (SSSR count). The molecular weight excluding hydrogens is 290 g/mol. The summed E-state index contributed by atoms with van der Waals surface area (Å²) in [6, 6.07) is 0. The molecule has 0 saturated carbocycles. The predicted octanol–water partition coefficient (Wildman–Crippen LogP) is 0.755. The molecule has 1 radical (unpaired) electrons. The molecule has 0 bridgehead atoms. The summed E-state index contributed by atoms with van der Waals surface area (Å²) in [5.41, 5.74) is 0.649. The van der Waals surface area contributed by atoms with Gasteiger partial charge in [0, 0.05) is 23.6 Å². The molecule has 0 spiro atoms. The summed E-state index contributed by atoms with van der Waals surface area (Å²) in [6.45, 7) is 1.62. The number of carbonyl (C=O) groups excluding carboxylic acids is 1. The van der Waals surface area contributed by atoms with Gasteiger partial charge in [-0.05, 0) is 13.2 Å². The molecule has 107 valence electrons. The Bertz CT molecular complexity index is 602. The molecule has 2 N–H and O–H groups in total. The van der Waals surface area contributed by atoms with Crippen LogP contribution < -0.4 is 0 Å². The summed E-state index contributed by atoms with van der Waals surface area (Å²) in [4.78, 5) is 20.5. The summed E-state index contributed by atoms with van der Waals surface area (Å²) >= 11 is 1.25. The average molecular weight is 303 g/mol. The highest BCUT2D eigenvalue weighted by atomic mass is 32.1. The van der Waals surface area contributed by atoms with E-state index in [1.165, 1.54) is 29.6 Å². The highest BCUT2D eigenvalue weighted by Crippen LogP contribution is 2.20. The van der Waals surface area contributed by atoms with E-state index in [2.05, 4.69) is 9.97 Å². The smallest absolute Gasteiger partial charge is 0.414 e. The van der Waals surface area contributed by atoms with E-state index >= 15 is 0 Å². The first-order valence-corrected chi connectivity index (χ1v) is 7.11. The molecule has 10 heteroatoms. The molecular formula is C11H13B2N4O3S. The zero-order chi connectivity index (χ0) is 15.2.